The third-order valence-corrected chi connectivity index (χ3v) is 9.48. The van der Waals surface area contributed by atoms with Gasteiger partial charge in [-0.1, -0.05) is 94.4 Å². The van der Waals surface area contributed by atoms with Crippen molar-refractivity contribution in [2.24, 2.45) is 0 Å². The van der Waals surface area contributed by atoms with Gasteiger partial charge in [0.25, 0.3) is 0 Å². The predicted octanol–water partition coefficient (Wildman–Crippen LogP) is 6.22. The third kappa shape index (κ3) is 8.47. The van der Waals surface area contributed by atoms with Crippen LogP contribution in [0.25, 0.3) is 0 Å². The molecule has 1 atom stereocenters. The van der Waals surface area contributed by atoms with Crippen LogP contribution in [0, 0.1) is 0 Å². The van der Waals surface area contributed by atoms with Crippen LogP contribution in [0.3, 0.4) is 0 Å². The van der Waals surface area contributed by atoms with E-state index in [9.17, 15) is 18.0 Å². The van der Waals surface area contributed by atoms with Crippen molar-refractivity contribution in [3.05, 3.63) is 98.4 Å². The molecule has 1 N–H and O–H groups in total. The number of anilines is 1. The van der Waals surface area contributed by atoms with E-state index < -0.39 is 28.5 Å². The van der Waals surface area contributed by atoms with Crippen molar-refractivity contribution in [2.45, 2.75) is 50.7 Å². The van der Waals surface area contributed by atoms with Crippen molar-refractivity contribution in [3.63, 3.8) is 0 Å². The maximum absolute atomic E-state index is 14.2. The average Bonchev–Trinajstić information content (AvgIpc) is 3.43. The first kappa shape index (κ1) is 31.3. The lowest BCUT2D eigenvalue weighted by Gasteiger charge is -2.34. The van der Waals surface area contributed by atoms with E-state index in [2.05, 4.69) is 21.2 Å². The first-order chi connectivity index (χ1) is 19.5. The normalized spacial score (nSPS) is 14.4. The molecule has 3 aromatic rings. The lowest BCUT2D eigenvalue weighted by atomic mass is 10.0. The van der Waals surface area contributed by atoms with Crippen LogP contribution in [-0.4, -0.2) is 50.0 Å². The van der Waals surface area contributed by atoms with Gasteiger partial charge in [-0.25, -0.2) is 8.42 Å². The summed E-state index contributed by atoms with van der Waals surface area (Å²) in [5.74, 6) is -0.862. The van der Waals surface area contributed by atoms with E-state index >= 15 is 0 Å². The Morgan fingerprint density at radius 3 is 2.22 bits per heavy atom. The molecule has 0 bridgehead atoms. The molecule has 0 radical (unpaired) electrons. The van der Waals surface area contributed by atoms with Gasteiger partial charge in [0.15, 0.2) is 0 Å². The van der Waals surface area contributed by atoms with Crippen LogP contribution in [0.1, 0.15) is 36.8 Å². The summed E-state index contributed by atoms with van der Waals surface area (Å²) >= 11 is 16.4. The maximum atomic E-state index is 14.2. The first-order valence-corrected chi connectivity index (χ1v) is 16.7. The van der Waals surface area contributed by atoms with E-state index in [4.69, 9.17) is 23.2 Å². The second-order valence-corrected chi connectivity index (χ2v) is 13.8. The Hall–Kier alpha value is -2.59. The summed E-state index contributed by atoms with van der Waals surface area (Å²) in [6, 6.07) is 20.2. The van der Waals surface area contributed by atoms with E-state index in [0.29, 0.717) is 25.8 Å². The summed E-state index contributed by atoms with van der Waals surface area (Å²) in [5, 5.41) is 3.82. The van der Waals surface area contributed by atoms with Gasteiger partial charge in [-0.3, -0.25) is 13.9 Å². The molecule has 0 saturated heterocycles. The average molecular weight is 681 g/mol. The van der Waals surface area contributed by atoms with E-state index in [1.807, 2.05) is 30.3 Å². The molecule has 4 rings (SSSR count). The Morgan fingerprint density at radius 2 is 1.61 bits per heavy atom. The molecule has 218 valence electrons. The summed E-state index contributed by atoms with van der Waals surface area (Å²) in [4.78, 5) is 29.5. The number of amides is 2. The lowest BCUT2D eigenvalue weighted by molar-refractivity contribution is -0.140. The fraction of sp³-hybridized carbons (Fsp3) is 0.333. The number of rotatable bonds is 11. The number of carbonyl (C=O) groups is 2. The molecule has 1 saturated carbocycles. The standard InChI is InChI=1S/C30H32BrCl2N3O4S/c1-41(39,40)36(24-14-7-11-22(31)18-24)20-29(37)35(19-25-26(32)15-8-16-27(25)33)28(17-21-9-3-2-4-10-21)30(38)34-23-12-5-6-13-23/h2-4,7-11,14-16,18,23,28H,5-6,12-13,17,19-20H2,1H3,(H,34,38)/t28-/m0/s1. The second-order valence-electron chi connectivity index (χ2n) is 10.2. The molecular formula is C30H32BrCl2N3O4S. The van der Waals surface area contributed by atoms with E-state index in [-0.39, 0.29) is 24.9 Å². The number of carbonyl (C=O) groups excluding carboxylic acids is 2. The fourth-order valence-corrected chi connectivity index (χ4v) is 6.77. The molecule has 0 aliphatic heterocycles. The minimum absolute atomic E-state index is 0.0239. The topological polar surface area (TPSA) is 86.8 Å². The van der Waals surface area contributed by atoms with Gasteiger partial charge in [-0.2, -0.15) is 0 Å². The van der Waals surface area contributed by atoms with Crippen LogP contribution in [0.15, 0.2) is 77.3 Å². The van der Waals surface area contributed by atoms with Crippen molar-refractivity contribution in [1.29, 1.82) is 0 Å². The largest absolute Gasteiger partial charge is 0.352 e. The van der Waals surface area contributed by atoms with Gasteiger partial charge in [0.05, 0.1) is 11.9 Å². The van der Waals surface area contributed by atoms with Gasteiger partial charge in [-0.15, -0.1) is 0 Å². The van der Waals surface area contributed by atoms with Gasteiger partial charge < -0.3 is 10.2 Å². The number of halogens is 3. The number of hydrogen-bond donors (Lipinski definition) is 1. The van der Waals surface area contributed by atoms with Crippen LogP contribution in [0.5, 0.6) is 0 Å². The molecule has 0 heterocycles. The van der Waals surface area contributed by atoms with Crippen molar-refractivity contribution in [1.82, 2.24) is 10.2 Å². The van der Waals surface area contributed by atoms with Gasteiger partial charge in [0.1, 0.15) is 12.6 Å². The Bertz CT molecular complexity index is 1460. The molecular weight excluding hydrogens is 649 g/mol. The highest BCUT2D eigenvalue weighted by Crippen LogP contribution is 2.29. The Labute approximate surface area is 260 Å². The van der Waals surface area contributed by atoms with Crippen molar-refractivity contribution >= 4 is 66.7 Å². The SMILES string of the molecule is CS(=O)(=O)N(CC(=O)N(Cc1c(Cl)cccc1Cl)[C@@H](Cc1ccccc1)C(=O)NC1CCCC1)c1cccc(Br)c1. The summed E-state index contributed by atoms with van der Waals surface area (Å²) in [6.45, 7) is -0.595. The third-order valence-electron chi connectivity index (χ3n) is 7.14. The van der Waals surface area contributed by atoms with Crippen LogP contribution in [-0.2, 0) is 32.6 Å². The number of hydrogen-bond acceptors (Lipinski definition) is 4. The quantitative estimate of drug-likeness (QED) is 0.261. The molecule has 7 nitrogen and oxygen atoms in total. The van der Waals surface area contributed by atoms with Crippen molar-refractivity contribution in [2.75, 3.05) is 17.1 Å². The minimum Gasteiger partial charge on any atom is -0.352 e. The summed E-state index contributed by atoms with van der Waals surface area (Å²) < 4.78 is 27.5. The molecule has 1 aliphatic carbocycles. The number of sulfonamides is 1. The molecule has 11 heteroatoms. The Morgan fingerprint density at radius 1 is 0.976 bits per heavy atom. The molecule has 1 aliphatic rings. The van der Waals surface area contributed by atoms with Gasteiger partial charge in [-0.05, 0) is 48.7 Å². The van der Waals surface area contributed by atoms with Crippen LogP contribution < -0.4 is 9.62 Å². The number of nitrogens with zero attached hydrogens (tertiary/aromatic N) is 2. The molecule has 1 fully saturated rings. The molecule has 0 aromatic heterocycles. The minimum atomic E-state index is -3.86. The van der Waals surface area contributed by atoms with Crippen molar-refractivity contribution < 1.29 is 18.0 Å². The zero-order valence-electron chi connectivity index (χ0n) is 22.6. The van der Waals surface area contributed by atoms with E-state index in [0.717, 1.165) is 41.8 Å². The number of benzene rings is 3. The maximum Gasteiger partial charge on any atom is 0.244 e. The summed E-state index contributed by atoms with van der Waals surface area (Å²) in [5.41, 5.74) is 1.65. The molecule has 0 unspecified atom stereocenters. The van der Waals surface area contributed by atoms with Gasteiger partial charge in [0.2, 0.25) is 21.8 Å². The molecule has 2 amide bonds. The number of nitrogens with one attached hydrogen (secondary N) is 1. The van der Waals surface area contributed by atoms with E-state index in [1.54, 1.807) is 42.5 Å². The molecule has 3 aromatic carbocycles. The molecule has 0 spiro atoms. The summed E-state index contributed by atoms with van der Waals surface area (Å²) in [7, 11) is -3.86. The van der Waals surface area contributed by atoms with Gasteiger partial charge in [0, 0.05) is 39.1 Å². The fourth-order valence-electron chi connectivity index (χ4n) is 5.02. The zero-order valence-corrected chi connectivity index (χ0v) is 26.5. The zero-order chi connectivity index (χ0) is 29.6. The Kier molecular flexibility index (Phi) is 10.7. The summed E-state index contributed by atoms with van der Waals surface area (Å²) in [6.07, 6.45) is 5.08. The second kappa shape index (κ2) is 14.1. The van der Waals surface area contributed by atoms with Gasteiger partial charge >= 0.3 is 0 Å². The van der Waals surface area contributed by atoms with Crippen LogP contribution in [0.4, 0.5) is 5.69 Å². The lowest BCUT2D eigenvalue weighted by Crippen LogP contribution is -2.54. The smallest absolute Gasteiger partial charge is 0.244 e. The predicted molar refractivity (Wildman–Crippen MR) is 168 cm³/mol. The highest BCUT2D eigenvalue weighted by Gasteiger charge is 2.35. The van der Waals surface area contributed by atoms with Crippen LogP contribution in [0.2, 0.25) is 10.0 Å². The van der Waals surface area contributed by atoms with Crippen LogP contribution >= 0.6 is 39.1 Å². The highest BCUT2D eigenvalue weighted by atomic mass is 79.9. The first-order valence-electron chi connectivity index (χ1n) is 13.3. The van der Waals surface area contributed by atoms with E-state index in [1.165, 1.54) is 4.90 Å². The monoisotopic (exact) mass is 679 g/mol. The highest BCUT2D eigenvalue weighted by molar-refractivity contribution is 9.10. The van der Waals surface area contributed by atoms with Crippen molar-refractivity contribution in [3.8, 4) is 0 Å². The molecule has 41 heavy (non-hydrogen) atoms. The Balaban J connectivity index is 1.76.